The van der Waals surface area contributed by atoms with Gasteiger partial charge in [-0.3, -0.25) is 4.90 Å². The van der Waals surface area contributed by atoms with Crippen LogP contribution in [0.15, 0.2) is 0 Å². The van der Waals surface area contributed by atoms with E-state index < -0.39 is 0 Å². The lowest BCUT2D eigenvalue weighted by Gasteiger charge is -2.29. The number of morpholine rings is 1. The van der Waals surface area contributed by atoms with Crippen molar-refractivity contribution in [3.8, 4) is 0 Å². The molecule has 0 aromatic carbocycles. The van der Waals surface area contributed by atoms with Gasteiger partial charge in [0, 0.05) is 32.1 Å². The van der Waals surface area contributed by atoms with E-state index >= 15 is 0 Å². The maximum absolute atomic E-state index is 5.70. The molecule has 0 aromatic heterocycles. The molecule has 0 atom stereocenters. The highest BCUT2D eigenvalue weighted by molar-refractivity contribution is 6.17. The molecule has 1 fully saturated rings. The van der Waals surface area contributed by atoms with Crippen LogP contribution < -0.4 is 0 Å². The van der Waals surface area contributed by atoms with Crippen molar-refractivity contribution in [3.05, 3.63) is 0 Å². The molecule has 0 N–H and O–H groups in total. The summed E-state index contributed by atoms with van der Waals surface area (Å²) in [5.74, 6) is 0.772. The fraction of sp³-hybridized carbons (Fsp3) is 1.00. The highest BCUT2D eigenvalue weighted by atomic mass is 35.5. The minimum absolute atomic E-state index is 0.772. The van der Waals surface area contributed by atoms with Crippen LogP contribution in [0.4, 0.5) is 0 Å². The minimum atomic E-state index is 0.772. The van der Waals surface area contributed by atoms with E-state index in [-0.39, 0.29) is 0 Å². The summed E-state index contributed by atoms with van der Waals surface area (Å²) in [6.45, 7) is 10.8. The lowest BCUT2D eigenvalue weighted by atomic mass is 10.3. The van der Waals surface area contributed by atoms with Gasteiger partial charge in [0.25, 0.3) is 0 Å². The Labute approximate surface area is 98.3 Å². The van der Waals surface area contributed by atoms with Crippen molar-refractivity contribution in [1.29, 1.82) is 0 Å². The smallest absolute Gasteiger partial charge is 0.0594 e. The van der Waals surface area contributed by atoms with Crippen molar-refractivity contribution in [3.63, 3.8) is 0 Å². The summed E-state index contributed by atoms with van der Waals surface area (Å²) in [5.41, 5.74) is 0. The van der Waals surface area contributed by atoms with E-state index in [0.717, 1.165) is 58.2 Å². The maximum Gasteiger partial charge on any atom is 0.0594 e. The topological polar surface area (TPSA) is 15.7 Å². The van der Waals surface area contributed by atoms with Gasteiger partial charge in [-0.1, -0.05) is 6.92 Å². The molecule has 0 saturated carbocycles. The summed E-state index contributed by atoms with van der Waals surface area (Å²) >= 11 is 5.70. The van der Waals surface area contributed by atoms with Gasteiger partial charge in [-0.25, -0.2) is 0 Å². The summed E-state index contributed by atoms with van der Waals surface area (Å²) in [4.78, 5) is 4.95. The summed E-state index contributed by atoms with van der Waals surface area (Å²) < 4.78 is 5.33. The van der Waals surface area contributed by atoms with Crippen molar-refractivity contribution in [2.75, 3.05) is 58.4 Å². The van der Waals surface area contributed by atoms with Crippen LogP contribution in [0.2, 0.25) is 0 Å². The Morgan fingerprint density at radius 1 is 1.27 bits per heavy atom. The molecule has 90 valence electrons. The summed E-state index contributed by atoms with van der Waals surface area (Å²) in [7, 11) is 0. The Morgan fingerprint density at radius 3 is 2.60 bits per heavy atom. The number of ether oxygens (including phenoxy) is 1. The molecule has 0 aromatic rings. The number of hydrogen-bond donors (Lipinski definition) is 0. The Hall–Kier alpha value is 0.170. The predicted octanol–water partition coefficient (Wildman–Crippen LogP) is 1.27. The van der Waals surface area contributed by atoms with Crippen molar-refractivity contribution >= 4 is 11.6 Å². The second-order valence-corrected chi connectivity index (χ2v) is 4.31. The Morgan fingerprint density at radius 2 is 2.00 bits per heavy atom. The van der Waals surface area contributed by atoms with E-state index in [1.165, 1.54) is 6.54 Å². The van der Waals surface area contributed by atoms with Crippen molar-refractivity contribution in [2.45, 2.75) is 13.3 Å². The Bertz CT molecular complexity index is 152. The molecule has 1 rings (SSSR count). The van der Waals surface area contributed by atoms with Gasteiger partial charge in [0.05, 0.1) is 13.2 Å². The number of halogens is 1. The van der Waals surface area contributed by atoms with Crippen LogP contribution in [0.1, 0.15) is 13.3 Å². The molecular weight excluding hydrogens is 212 g/mol. The molecule has 0 radical (unpaired) electrons. The third kappa shape index (κ3) is 5.71. The van der Waals surface area contributed by atoms with E-state index in [4.69, 9.17) is 16.3 Å². The molecule has 0 bridgehead atoms. The summed E-state index contributed by atoms with van der Waals surface area (Å²) in [5, 5.41) is 0. The van der Waals surface area contributed by atoms with Gasteiger partial charge < -0.3 is 9.64 Å². The second-order valence-electron chi connectivity index (χ2n) is 3.93. The van der Waals surface area contributed by atoms with Gasteiger partial charge in [0.2, 0.25) is 0 Å². The van der Waals surface area contributed by atoms with Gasteiger partial charge in [-0.15, -0.1) is 11.6 Å². The van der Waals surface area contributed by atoms with Crippen molar-refractivity contribution in [2.24, 2.45) is 0 Å². The Balaban J connectivity index is 2.09. The van der Waals surface area contributed by atoms with Gasteiger partial charge in [0.1, 0.15) is 0 Å². The fourth-order valence-corrected chi connectivity index (χ4v) is 1.94. The molecule has 4 heteroatoms. The number of hydrogen-bond acceptors (Lipinski definition) is 3. The van der Waals surface area contributed by atoms with Gasteiger partial charge in [-0.2, -0.15) is 0 Å². The molecule has 3 nitrogen and oxygen atoms in total. The van der Waals surface area contributed by atoms with E-state index in [2.05, 4.69) is 16.7 Å². The van der Waals surface area contributed by atoms with Crippen LogP contribution in [-0.4, -0.2) is 68.2 Å². The number of alkyl halides is 1. The number of rotatable bonds is 7. The summed E-state index contributed by atoms with van der Waals surface area (Å²) in [6.07, 6.45) is 1.10. The van der Waals surface area contributed by atoms with Crippen LogP contribution in [-0.2, 0) is 4.74 Å². The third-order valence-corrected chi connectivity index (χ3v) is 3.16. The first-order valence-electron chi connectivity index (χ1n) is 5.95. The van der Waals surface area contributed by atoms with Crippen LogP contribution in [0.5, 0.6) is 0 Å². The van der Waals surface area contributed by atoms with Crippen LogP contribution >= 0.6 is 11.6 Å². The standard InChI is InChI=1S/C11H23ClN2O/c1-2-13(5-3-4-12)6-7-14-8-10-15-11-9-14/h2-11H2,1H3. The third-order valence-electron chi connectivity index (χ3n) is 2.89. The largest absolute Gasteiger partial charge is 0.379 e. The maximum atomic E-state index is 5.70. The number of nitrogens with zero attached hydrogens (tertiary/aromatic N) is 2. The molecule has 15 heavy (non-hydrogen) atoms. The first-order chi connectivity index (χ1) is 7.36. The van der Waals surface area contributed by atoms with Crippen LogP contribution in [0.25, 0.3) is 0 Å². The molecule has 0 amide bonds. The zero-order chi connectivity index (χ0) is 10.9. The predicted molar refractivity (Wildman–Crippen MR) is 64.7 cm³/mol. The molecule has 0 spiro atoms. The normalized spacial score (nSPS) is 18.6. The molecule has 0 unspecified atom stereocenters. The highest BCUT2D eigenvalue weighted by Crippen LogP contribution is 1.99. The van der Waals surface area contributed by atoms with E-state index in [9.17, 15) is 0 Å². The van der Waals surface area contributed by atoms with E-state index in [0.29, 0.717) is 0 Å². The van der Waals surface area contributed by atoms with Gasteiger partial charge in [0.15, 0.2) is 0 Å². The Kier molecular flexibility index (Phi) is 7.36. The van der Waals surface area contributed by atoms with E-state index in [1.807, 2.05) is 0 Å². The minimum Gasteiger partial charge on any atom is -0.379 e. The first kappa shape index (κ1) is 13.2. The average Bonchev–Trinajstić information content (AvgIpc) is 2.31. The SMILES string of the molecule is CCN(CCCCl)CCN1CCOCC1. The fourth-order valence-electron chi connectivity index (χ4n) is 1.82. The molecule has 1 heterocycles. The molecule has 1 saturated heterocycles. The molecule has 1 aliphatic rings. The quantitative estimate of drug-likeness (QED) is 0.617. The number of likely N-dealkylation sites (N-methyl/N-ethyl adjacent to an activating group) is 1. The molecule has 1 aliphatic heterocycles. The van der Waals surface area contributed by atoms with Gasteiger partial charge in [-0.05, 0) is 19.5 Å². The first-order valence-corrected chi connectivity index (χ1v) is 6.48. The lowest BCUT2D eigenvalue weighted by molar-refractivity contribution is 0.0336. The van der Waals surface area contributed by atoms with E-state index in [1.54, 1.807) is 0 Å². The monoisotopic (exact) mass is 234 g/mol. The van der Waals surface area contributed by atoms with Gasteiger partial charge >= 0.3 is 0 Å². The zero-order valence-electron chi connectivity index (χ0n) is 9.75. The average molecular weight is 235 g/mol. The summed E-state index contributed by atoms with van der Waals surface area (Å²) in [6, 6.07) is 0. The lowest BCUT2D eigenvalue weighted by Crippen LogP contribution is -2.41. The zero-order valence-corrected chi connectivity index (χ0v) is 10.5. The van der Waals surface area contributed by atoms with Crippen LogP contribution in [0, 0.1) is 0 Å². The van der Waals surface area contributed by atoms with Crippen molar-refractivity contribution in [1.82, 2.24) is 9.80 Å². The second kappa shape index (κ2) is 8.34. The molecule has 0 aliphatic carbocycles. The highest BCUT2D eigenvalue weighted by Gasteiger charge is 2.11. The molecular formula is C11H23ClN2O. The van der Waals surface area contributed by atoms with Crippen LogP contribution in [0.3, 0.4) is 0 Å². The van der Waals surface area contributed by atoms with Crippen molar-refractivity contribution < 1.29 is 4.74 Å².